The summed E-state index contributed by atoms with van der Waals surface area (Å²) in [5.74, 6) is 1.58. The molecule has 1 aromatic carbocycles. The highest BCUT2D eigenvalue weighted by Gasteiger charge is 2.13. The molecule has 0 atom stereocenters. The highest BCUT2D eigenvalue weighted by Crippen LogP contribution is 2.17. The van der Waals surface area contributed by atoms with Crippen molar-refractivity contribution in [3.63, 3.8) is 0 Å². The van der Waals surface area contributed by atoms with E-state index in [2.05, 4.69) is 11.4 Å². The summed E-state index contributed by atoms with van der Waals surface area (Å²) >= 11 is 0. The van der Waals surface area contributed by atoms with E-state index in [1.165, 1.54) is 12.8 Å². The van der Waals surface area contributed by atoms with Crippen LogP contribution in [0.15, 0.2) is 24.3 Å². The minimum absolute atomic E-state index is 0.467. The molecule has 0 spiro atoms. The lowest BCUT2D eigenvalue weighted by atomic mass is 9.99. The van der Waals surface area contributed by atoms with Crippen molar-refractivity contribution in [1.29, 1.82) is 5.26 Å². The molecule has 3 nitrogen and oxygen atoms in total. The van der Waals surface area contributed by atoms with Crippen molar-refractivity contribution in [3.8, 4) is 11.8 Å². The maximum atomic E-state index is 8.58. The maximum Gasteiger partial charge on any atom is 0.119 e. The van der Waals surface area contributed by atoms with E-state index in [-0.39, 0.29) is 0 Å². The van der Waals surface area contributed by atoms with E-state index in [1.54, 1.807) is 0 Å². The van der Waals surface area contributed by atoms with Gasteiger partial charge in [0.05, 0.1) is 19.1 Å². The van der Waals surface area contributed by atoms with Crippen LogP contribution in [0.5, 0.6) is 5.75 Å². The van der Waals surface area contributed by atoms with E-state index < -0.39 is 0 Å². The van der Waals surface area contributed by atoms with Crippen LogP contribution >= 0.6 is 0 Å². The standard InChI is InChI=1S/C14H18N2O/c15-8-5-12-1-3-14(4-2-12)17-11-13-6-9-16-10-7-13/h1-4,13,16H,5-7,9-11H2. The summed E-state index contributed by atoms with van der Waals surface area (Å²) in [4.78, 5) is 0. The summed E-state index contributed by atoms with van der Waals surface area (Å²) in [6, 6.07) is 9.96. The summed E-state index contributed by atoms with van der Waals surface area (Å²) in [6.45, 7) is 3.02. The first kappa shape index (κ1) is 11.9. The van der Waals surface area contributed by atoms with Gasteiger partial charge in [-0.1, -0.05) is 12.1 Å². The van der Waals surface area contributed by atoms with Gasteiger partial charge >= 0.3 is 0 Å². The van der Waals surface area contributed by atoms with Crippen LogP contribution in [0.4, 0.5) is 0 Å². The van der Waals surface area contributed by atoms with Crippen LogP contribution in [0.1, 0.15) is 18.4 Å². The van der Waals surface area contributed by atoms with Crippen molar-refractivity contribution in [2.24, 2.45) is 5.92 Å². The number of piperidine rings is 1. The van der Waals surface area contributed by atoms with Gasteiger partial charge < -0.3 is 10.1 Å². The first-order valence-corrected chi connectivity index (χ1v) is 6.18. The van der Waals surface area contributed by atoms with E-state index >= 15 is 0 Å². The minimum Gasteiger partial charge on any atom is -0.493 e. The summed E-state index contributed by atoms with van der Waals surface area (Å²) in [7, 11) is 0. The molecular formula is C14H18N2O. The Morgan fingerprint density at radius 1 is 1.24 bits per heavy atom. The van der Waals surface area contributed by atoms with Gasteiger partial charge in [0.1, 0.15) is 5.75 Å². The number of nitrogens with one attached hydrogen (secondary N) is 1. The molecule has 1 aromatic rings. The van der Waals surface area contributed by atoms with Crippen molar-refractivity contribution < 1.29 is 4.74 Å². The van der Waals surface area contributed by atoms with Gasteiger partial charge in [-0.3, -0.25) is 0 Å². The van der Waals surface area contributed by atoms with E-state index in [0.29, 0.717) is 12.3 Å². The van der Waals surface area contributed by atoms with Crippen LogP contribution in [0.25, 0.3) is 0 Å². The lowest BCUT2D eigenvalue weighted by Crippen LogP contribution is -2.30. The summed E-state index contributed by atoms with van der Waals surface area (Å²) < 4.78 is 5.77. The molecule has 0 aromatic heterocycles. The Labute approximate surface area is 102 Å². The van der Waals surface area contributed by atoms with Gasteiger partial charge in [0.15, 0.2) is 0 Å². The quantitative estimate of drug-likeness (QED) is 0.861. The smallest absolute Gasteiger partial charge is 0.119 e. The molecule has 1 saturated heterocycles. The Kier molecular flexibility index (Phi) is 4.40. The molecule has 90 valence electrons. The lowest BCUT2D eigenvalue weighted by molar-refractivity contribution is 0.215. The maximum absolute atomic E-state index is 8.58. The Morgan fingerprint density at radius 3 is 2.59 bits per heavy atom. The van der Waals surface area contributed by atoms with Crippen molar-refractivity contribution in [2.75, 3.05) is 19.7 Å². The van der Waals surface area contributed by atoms with E-state index in [9.17, 15) is 0 Å². The second-order valence-corrected chi connectivity index (χ2v) is 4.48. The zero-order valence-electron chi connectivity index (χ0n) is 9.98. The zero-order chi connectivity index (χ0) is 11.9. The molecule has 17 heavy (non-hydrogen) atoms. The number of hydrogen-bond acceptors (Lipinski definition) is 3. The molecule has 1 fully saturated rings. The fourth-order valence-electron chi connectivity index (χ4n) is 2.06. The molecule has 0 radical (unpaired) electrons. The third-order valence-corrected chi connectivity index (χ3v) is 3.15. The summed E-state index contributed by atoms with van der Waals surface area (Å²) in [5, 5.41) is 11.9. The van der Waals surface area contributed by atoms with Gasteiger partial charge in [-0.25, -0.2) is 0 Å². The Morgan fingerprint density at radius 2 is 1.94 bits per heavy atom. The molecule has 3 heteroatoms. The number of nitrogens with zero attached hydrogens (tertiary/aromatic N) is 1. The Hall–Kier alpha value is -1.53. The fraction of sp³-hybridized carbons (Fsp3) is 0.500. The van der Waals surface area contributed by atoms with Crippen LogP contribution in [0.3, 0.4) is 0 Å². The molecule has 0 saturated carbocycles. The van der Waals surface area contributed by atoms with Gasteiger partial charge in [-0.2, -0.15) is 5.26 Å². The lowest BCUT2D eigenvalue weighted by Gasteiger charge is -2.22. The molecule has 1 aliphatic heterocycles. The topological polar surface area (TPSA) is 45.0 Å². The third-order valence-electron chi connectivity index (χ3n) is 3.15. The van der Waals surface area contributed by atoms with Crippen LogP contribution in [0.2, 0.25) is 0 Å². The second-order valence-electron chi connectivity index (χ2n) is 4.48. The molecule has 0 aliphatic carbocycles. The largest absolute Gasteiger partial charge is 0.493 e. The van der Waals surface area contributed by atoms with Crippen LogP contribution in [-0.2, 0) is 6.42 Å². The van der Waals surface area contributed by atoms with Crippen LogP contribution < -0.4 is 10.1 Å². The van der Waals surface area contributed by atoms with Crippen molar-refractivity contribution >= 4 is 0 Å². The molecule has 2 rings (SSSR count). The Bertz CT molecular complexity index is 374. The van der Waals surface area contributed by atoms with Gasteiger partial charge in [0, 0.05) is 0 Å². The van der Waals surface area contributed by atoms with E-state index in [0.717, 1.165) is 31.0 Å². The van der Waals surface area contributed by atoms with Gasteiger partial charge in [0.25, 0.3) is 0 Å². The average Bonchev–Trinajstić information content (AvgIpc) is 2.40. The molecule has 1 heterocycles. The molecular weight excluding hydrogens is 212 g/mol. The van der Waals surface area contributed by atoms with Gasteiger partial charge in [0.2, 0.25) is 0 Å². The third kappa shape index (κ3) is 3.76. The molecule has 0 unspecified atom stereocenters. The molecule has 0 amide bonds. The van der Waals surface area contributed by atoms with Crippen molar-refractivity contribution in [3.05, 3.63) is 29.8 Å². The fourth-order valence-corrected chi connectivity index (χ4v) is 2.06. The number of nitriles is 1. The number of benzene rings is 1. The predicted molar refractivity (Wildman–Crippen MR) is 66.8 cm³/mol. The van der Waals surface area contributed by atoms with Gasteiger partial charge in [-0.15, -0.1) is 0 Å². The first-order valence-electron chi connectivity index (χ1n) is 6.18. The van der Waals surface area contributed by atoms with Crippen LogP contribution in [-0.4, -0.2) is 19.7 Å². The minimum atomic E-state index is 0.467. The normalized spacial score (nSPS) is 16.4. The van der Waals surface area contributed by atoms with Gasteiger partial charge in [-0.05, 0) is 49.5 Å². The molecule has 0 bridgehead atoms. The van der Waals surface area contributed by atoms with Crippen molar-refractivity contribution in [1.82, 2.24) is 5.32 Å². The highest BCUT2D eigenvalue weighted by molar-refractivity contribution is 5.28. The number of rotatable bonds is 4. The monoisotopic (exact) mass is 230 g/mol. The molecule has 1 aliphatic rings. The van der Waals surface area contributed by atoms with Crippen molar-refractivity contribution in [2.45, 2.75) is 19.3 Å². The summed E-state index contributed by atoms with van der Waals surface area (Å²) in [6.07, 6.45) is 2.87. The van der Waals surface area contributed by atoms with Crippen LogP contribution in [0, 0.1) is 17.2 Å². The number of hydrogen-bond donors (Lipinski definition) is 1. The SMILES string of the molecule is N#CCc1ccc(OCC2CCNCC2)cc1. The average molecular weight is 230 g/mol. The summed E-state index contributed by atoms with van der Waals surface area (Å²) in [5.41, 5.74) is 1.04. The van der Waals surface area contributed by atoms with E-state index in [4.69, 9.17) is 10.00 Å². The predicted octanol–water partition coefficient (Wildman–Crippen LogP) is 2.13. The number of ether oxygens (including phenoxy) is 1. The first-order chi connectivity index (χ1) is 8.38. The van der Waals surface area contributed by atoms with E-state index in [1.807, 2.05) is 24.3 Å². The second kappa shape index (κ2) is 6.27. The Balaban J connectivity index is 1.80. The zero-order valence-corrected chi connectivity index (χ0v) is 9.98. The highest BCUT2D eigenvalue weighted by atomic mass is 16.5. The molecule has 1 N–H and O–H groups in total.